The Morgan fingerprint density at radius 2 is 1.91 bits per heavy atom. The number of hydrogen-bond acceptors (Lipinski definition) is 4. The first-order valence-electron chi connectivity index (χ1n) is 7.61. The van der Waals surface area contributed by atoms with Gasteiger partial charge < -0.3 is 15.5 Å². The summed E-state index contributed by atoms with van der Waals surface area (Å²) in [7, 11) is 0. The molecule has 5 nitrogen and oxygen atoms in total. The molecule has 0 aromatic heterocycles. The van der Waals surface area contributed by atoms with Crippen molar-refractivity contribution in [3.63, 3.8) is 0 Å². The molecule has 0 bridgehead atoms. The monoisotopic (exact) mass is 339 g/mol. The Kier molecular flexibility index (Phi) is 6.41. The van der Waals surface area contributed by atoms with Crippen LogP contribution in [0.4, 0.5) is 4.39 Å². The average molecular weight is 339 g/mol. The molecule has 0 aliphatic carbocycles. The normalized spacial score (nSPS) is 16.3. The van der Waals surface area contributed by atoms with Crippen LogP contribution in [0.25, 0.3) is 0 Å². The molecule has 1 atom stereocenters. The molecule has 1 saturated heterocycles. The van der Waals surface area contributed by atoms with Crippen molar-refractivity contribution in [3.8, 4) is 0 Å². The Morgan fingerprint density at radius 1 is 1.26 bits per heavy atom. The predicted molar refractivity (Wildman–Crippen MR) is 89.9 cm³/mol. The van der Waals surface area contributed by atoms with Crippen LogP contribution < -0.4 is 5.73 Å². The number of amides is 2. The third-order valence-electron chi connectivity index (χ3n) is 3.90. The first kappa shape index (κ1) is 17.7. The highest BCUT2D eigenvalue weighted by Crippen LogP contribution is 2.12. The first-order valence-corrected chi connectivity index (χ1v) is 9.00. The molecule has 1 aromatic rings. The van der Waals surface area contributed by atoms with Crippen LogP contribution in [0.5, 0.6) is 0 Å². The quantitative estimate of drug-likeness (QED) is 0.875. The highest BCUT2D eigenvalue weighted by Gasteiger charge is 2.27. The Balaban J connectivity index is 1.88. The summed E-state index contributed by atoms with van der Waals surface area (Å²) in [4.78, 5) is 27.9. The molecule has 1 fully saturated rings. The van der Waals surface area contributed by atoms with Gasteiger partial charge in [-0.2, -0.15) is 11.8 Å². The van der Waals surface area contributed by atoms with Gasteiger partial charge in [0.15, 0.2) is 0 Å². The minimum absolute atomic E-state index is 0.0584. The van der Waals surface area contributed by atoms with Gasteiger partial charge in [0.05, 0.1) is 6.04 Å². The maximum atomic E-state index is 13.2. The van der Waals surface area contributed by atoms with E-state index in [-0.39, 0.29) is 11.8 Å². The summed E-state index contributed by atoms with van der Waals surface area (Å²) in [6.07, 6.45) is 2.64. The highest BCUT2D eigenvalue weighted by molar-refractivity contribution is 7.98. The second-order valence-corrected chi connectivity index (χ2v) is 6.50. The lowest BCUT2D eigenvalue weighted by Crippen LogP contribution is -2.54. The Bertz CT molecular complexity index is 562. The standard InChI is InChI=1S/C16H22FN3O2S/c1-23-10-5-14(18)16(22)20-8-6-19(7-9-20)15(21)12-3-2-4-13(17)11-12/h2-4,11,14H,5-10,18H2,1H3. The molecular weight excluding hydrogens is 317 g/mol. The summed E-state index contributed by atoms with van der Waals surface area (Å²) in [5.74, 6) is 0.162. The molecule has 126 valence electrons. The molecule has 2 N–H and O–H groups in total. The fourth-order valence-corrected chi connectivity index (χ4v) is 3.03. The molecule has 23 heavy (non-hydrogen) atoms. The second-order valence-electron chi connectivity index (χ2n) is 5.52. The maximum absolute atomic E-state index is 13.2. The van der Waals surface area contributed by atoms with Gasteiger partial charge in [-0.3, -0.25) is 9.59 Å². The molecule has 1 aliphatic heterocycles. The third-order valence-corrected chi connectivity index (χ3v) is 4.54. The fourth-order valence-electron chi connectivity index (χ4n) is 2.54. The summed E-state index contributed by atoms with van der Waals surface area (Å²) in [6.45, 7) is 1.81. The summed E-state index contributed by atoms with van der Waals surface area (Å²) in [5.41, 5.74) is 6.24. The van der Waals surface area contributed by atoms with Gasteiger partial charge in [0.25, 0.3) is 5.91 Å². The number of thioether (sulfide) groups is 1. The van der Waals surface area contributed by atoms with Gasteiger partial charge in [-0.05, 0) is 36.6 Å². The van der Waals surface area contributed by atoms with Crippen LogP contribution in [0, 0.1) is 5.82 Å². The third kappa shape index (κ3) is 4.68. The lowest BCUT2D eigenvalue weighted by atomic mass is 10.1. The van der Waals surface area contributed by atoms with Gasteiger partial charge in [0.1, 0.15) is 5.82 Å². The van der Waals surface area contributed by atoms with E-state index >= 15 is 0 Å². The number of benzene rings is 1. The van der Waals surface area contributed by atoms with Gasteiger partial charge >= 0.3 is 0 Å². The van der Waals surface area contributed by atoms with Crippen LogP contribution in [-0.2, 0) is 4.79 Å². The lowest BCUT2D eigenvalue weighted by Gasteiger charge is -2.36. The average Bonchev–Trinajstić information content (AvgIpc) is 2.58. The molecule has 2 amide bonds. The Labute approximate surface area is 140 Å². The molecule has 7 heteroatoms. The van der Waals surface area contributed by atoms with E-state index in [2.05, 4.69) is 0 Å². The maximum Gasteiger partial charge on any atom is 0.254 e. The molecule has 1 aliphatic rings. The van der Waals surface area contributed by atoms with Gasteiger partial charge in [0, 0.05) is 31.7 Å². The van der Waals surface area contributed by atoms with E-state index in [0.717, 1.165) is 5.75 Å². The van der Waals surface area contributed by atoms with Crippen molar-refractivity contribution >= 4 is 23.6 Å². The minimum Gasteiger partial charge on any atom is -0.338 e. The van der Waals surface area contributed by atoms with E-state index in [1.54, 1.807) is 27.6 Å². The molecule has 0 saturated carbocycles. The van der Waals surface area contributed by atoms with E-state index in [1.807, 2.05) is 6.26 Å². The van der Waals surface area contributed by atoms with Gasteiger partial charge in [0.2, 0.25) is 5.91 Å². The molecule has 0 radical (unpaired) electrons. The van der Waals surface area contributed by atoms with Crippen molar-refractivity contribution in [1.82, 2.24) is 9.80 Å². The highest BCUT2D eigenvalue weighted by atomic mass is 32.2. The van der Waals surface area contributed by atoms with Crippen LogP contribution in [-0.4, -0.2) is 65.8 Å². The van der Waals surface area contributed by atoms with E-state index in [1.165, 1.54) is 18.2 Å². The van der Waals surface area contributed by atoms with E-state index in [9.17, 15) is 14.0 Å². The number of carbonyl (C=O) groups is 2. The summed E-state index contributed by atoms with van der Waals surface area (Å²) >= 11 is 1.66. The fraction of sp³-hybridized carbons (Fsp3) is 0.500. The van der Waals surface area contributed by atoms with Crippen LogP contribution in [0.15, 0.2) is 24.3 Å². The van der Waals surface area contributed by atoms with E-state index < -0.39 is 11.9 Å². The number of hydrogen-bond donors (Lipinski definition) is 1. The number of nitrogens with zero attached hydrogens (tertiary/aromatic N) is 2. The van der Waals surface area contributed by atoms with Crippen LogP contribution in [0.2, 0.25) is 0 Å². The number of piperazine rings is 1. The zero-order chi connectivity index (χ0) is 16.8. The zero-order valence-corrected chi connectivity index (χ0v) is 14.0. The van der Waals surface area contributed by atoms with Crippen LogP contribution in [0.3, 0.4) is 0 Å². The molecule has 2 rings (SSSR count). The predicted octanol–water partition coefficient (Wildman–Crippen LogP) is 1.19. The summed E-state index contributed by atoms with van der Waals surface area (Å²) in [5, 5.41) is 0. The molecule has 0 spiro atoms. The lowest BCUT2D eigenvalue weighted by molar-refractivity contribution is -0.134. The van der Waals surface area contributed by atoms with Crippen LogP contribution in [0.1, 0.15) is 16.8 Å². The molecular formula is C16H22FN3O2S. The van der Waals surface area contributed by atoms with Crippen molar-refractivity contribution in [1.29, 1.82) is 0 Å². The van der Waals surface area contributed by atoms with Crippen molar-refractivity contribution < 1.29 is 14.0 Å². The van der Waals surface area contributed by atoms with Gasteiger partial charge in [-0.15, -0.1) is 0 Å². The zero-order valence-electron chi connectivity index (χ0n) is 13.2. The van der Waals surface area contributed by atoms with Crippen molar-refractivity contribution in [3.05, 3.63) is 35.6 Å². The number of rotatable bonds is 5. The number of carbonyl (C=O) groups excluding carboxylic acids is 2. The first-order chi connectivity index (χ1) is 11.0. The number of nitrogens with two attached hydrogens (primary N) is 1. The van der Waals surface area contributed by atoms with Crippen LogP contribution >= 0.6 is 11.8 Å². The Morgan fingerprint density at radius 3 is 2.52 bits per heavy atom. The van der Waals surface area contributed by atoms with Crippen molar-refractivity contribution in [2.75, 3.05) is 38.2 Å². The van der Waals surface area contributed by atoms with Crippen molar-refractivity contribution in [2.24, 2.45) is 5.73 Å². The van der Waals surface area contributed by atoms with Gasteiger partial charge in [-0.1, -0.05) is 6.07 Å². The summed E-state index contributed by atoms with van der Waals surface area (Å²) in [6, 6.07) is 5.18. The summed E-state index contributed by atoms with van der Waals surface area (Å²) < 4.78 is 13.2. The second kappa shape index (κ2) is 8.31. The topological polar surface area (TPSA) is 66.6 Å². The molecule has 1 heterocycles. The van der Waals surface area contributed by atoms with Gasteiger partial charge in [-0.25, -0.2) is 4.39 Å². The van der Waals surface area contributed by atoms with E-state index in [4.69, 9.17) is 5.73 Å². The minimum atomic E-state index is -0.479. The van der Waals surface area contributed by atoms with E-state index in [0.29, 0.717) is 38.2 Å². The Hall–Kier alpha value is -1.60. The number of halogens is 1. The largest absolute Gasteiger partial charge is 0.338 e. The molecule has 1 aromatic carbocycles. The van der Waals surface area contributed by atoms with Crippen molar-refractivity contribution in [2.45, 2.75) is 12.5 Å². The molecule has 1 unspecified atom stereocenters. The smallest absolute Gasteiger partial charge is 0.254 e. The SMILES string of the molecule is CSCCC(N)C(=O)N1CCN(C(=O)c2cccc(F)c2)CC1.